The van der Waals surface area contributed by atoms with Crippen LogP contribution >= 0.6 is 0 Å². The van der Waals surface area contributed by atoms with Crippen LogP contribution in [0.3, 0.4) is 0 Å². The largest absolute Gasteiger partial charge is 0.464 e. The fraction of sp³-hybridized carbons (Fsp3) is 0.579. The Morgan fingerprint density at radius 3 is 2.81 bits per heavy atom. The zero-order chi connectivity index (χ0) is 14.7. The average molecular weight is 285 g/mol. The van der Waals surface area contributed by atoms with Crippen molar-refractivity contribution in [2.45, 2.75) is 52.0 Å². The lowest BCUT2D eigenvalue weighted by Crippen LogP contribution is -2.34. The van der Waals surface area contributed by atoms with Gasteiger partial charge in [-0.05, 0) is 30.9 Å². The van der Waals surface area contributed by atoms with Crippen molar-refractivity contribution >= 4 is 11.0 Å². The fourth-order valence-electron chi connectivity index (χ4n) is 4.13. The first kappa shape index (κ1) is 14.6. The van der Waals surface area contributed by atoms with E-state index in [0.29, 0.717) is 6.04 Å². The van der Waals surface area contributed by atoms with E-state index in [1.54, 1.807) is 0 Å². The Hall–Kier alpha value is -1.28. The molecule has 3 rings (SSSR count). The molecule has 1 fully saturated rings. The van der Waals surface area contributed by atoms with E-state index in [1.165, 1.54) is 43.1 Å². The number of fused-ring (bicyclic) bond motifs is 1. The Balaban J connectivity index is 1.96. The van der Waals surface area contributed by atoms with Crippen molar-refractivity contribution in [3.8, 4) is 0 Å². The number of rotatable bonds is 5. The summed E-state index contributed by atoms with van der Waals surface area (Å²) in [5.41, 5.74) is 2.37. The molecular formula is C19H27NO. The van der Waals surface area contributed by atoms with Crippen molar-refractivity contribution in [1.29, 1.82) is 0 Å². The van der Waals surface area contributed by atoms with Gasteiger partial charge < -0.3 is 9.73 Å². The number of para-hydroxylation sites is 1. The topological polar surface area (TPSA) is 25.2 Å². The second kappa shape index (κ2) is 6.65. The van der Waals surface area contributed by atoms with E-state index >= 15 is 0 Å². The molecule has 0 amide bonds. The van der Waals surface area contributed by atoms with E-state index in [-0.39, 0.29) is 0 Å². The summed E-state index contributed by atoms with van der Waals surface area (Å²) in [4.78, 5) is 0. The van der Waals surface area contributed by atoms with Crippen molar-refractivity contribution in [3.63, 3.8) is 0 Å². The number of nitrogens with one attached hydrogen (secondary N) is 1. The Labute approximate surface area is 127 Å². The van der Waals surface area contributed by atoms with E-state index in [9.17, 15) is 0 Å². The molecule has 0 aliphatic heterocycles. The summed E-state index contributed by atoms with van der Waals surface area (Å²) in [5, 5.41) is 5.03. The van der Waals surface area contributed by atoms with Crippen LogP contribution in [0.15, 0.2) is 34.9 Å². The maximum atomic E-state index is 5.80. The van der Waals surface area contributed by atoms with Crippen molar-refractivity contribution in [3.05, 3.63) is 36.1 Å². The maximum Gasteiger partial charge on any atom is 0.134 e. The van der Waals surface area contributed by atoms with E-state index in [4.69, 9.17) is 4.42 Å². The van der Waals surface area contributed by atoms with Gasteiger partial charge in [0, 0.05) is 17.0 Å². The molecule has 1 aliphatic carbocycles. The van der Waals surface area contributed by atoms with Gasteiger partial charge in [0.25, 0.3) is 0 Å². The van der Waals surface area contributed by atoms with Gasteiger partial charge in [-0.15, -0.1) is 0 Å². The Morgan fingerprint density at radius 2 is 2.00 bits per heavy atom. The molecule has 3 unspecified atom stereocenters. The molecule has 3 atom stereocenters. The molecule has 1 aliphatic rings. The number of benzene rings is 1. The highest BCUT2D eigenvalue weighted by Gasteiger charge is 2.32. The quantitative estimate of drug-likeness (QED) is 0.806. The normalized spacial score (nSPS) is 24.3. The lowest BCUT2D eigenvalue weighted by Gasteiger charge is -2.37. The van der Waals surface area contributed by atoms with E-state index in [0.717, 1.165) is 24.0 Å². The van der Waals surface area contributed by atoms with Crippen molar-refractivity contribution < 1.29 is 4.42 Å². The highest BCUT2D eigenvalue weighted by atomic mass is 16.3. The molecule has 1 N–H and O–H groups in total. The molecule has 114 valence electrons. The SMILES string of the molecule is CCNC(c1coc2ccccc12)C1CCCCC1CC. The Kier molecular flexibility index (Phi) is 4.64. The molecule has 1 aromatic heterocycles. The molecule has 0 saturated heterocycles. The van der Waals surface area contributed by atoms with Crippen LogP contribution in [0.5, 0.6) is 0 Å². The molecule has 2 heteroatoms. The third kappa shape index (κ3) is 2.87. The Morgan fingerprint density at radius 1 is 1.19 bits per heavy atom. The predicted molar refractivity (Wildman–Crippen MR) is 88.4 cm³/mol. The van der Waals surface area contributed by atoms with Gasteiger partial charge in [-0.3, -0.25) is 0 Å². The zero-order valence-corrected chi connectivity index (χ0v) is 13.3. The van der Waals surface area contributed by atoms with Gasteiger partial charge in [-0.2, -0.15) is 0 Å². The summed E-state index contributed by atoms with van der Waals surface area (Å²) < 4.78 is 5.80. The summed E-state index contributed by atoms with van der Waals surface area (Å²) >= 11 is 0. The summed E-state index contributed by atoms with van der Waals surface area (Å²) in [7, 11) is 0. The summed E-state index contributed by atoms with van der Waals surface area (Å²) in [6, 6.07) is 8.86. The predicted octanol–water partition coefficient (Wildman–Crippen LogP) is 5.30. The van der Waals surface area contributed by atoms with Crippen molar-refractivity contribution in [2.24, 2.45) is 11.8 Å². The van der Waals surface area contributed by atoms with Crippen LogP contribution in [0.4, 0.5) is 0 Å². The second-order valence-electron chi connectivity index (χ2n) is 6.34. The van der Waals surface area contributed by atoms with Crippen LogP contribution in [-0.4, -0.2) is 6.54 Å². The van der Waals surface area contributed by atoms with Gasteiger partial charge in [0.1, 0.15) is 5.58 Å². The lowest BCUT2D eigenvalue weighted by molar-refractivity contribution is 0.177. The number of hydrogen-bond acceptors (Lipinski definition) is 2. The van der Waals surface area contributed by atoms with E-state index in [1.807, 2.05) is 12.3 Å². The first-order valence-electron chi connectivity index (χ1n) is 8.54. The molecular weight excluding hydrogens is 258 g/mol. The summed E-state index contributed by atoms with van der Waals surface area (Å²) in [6.07, 6.45) is 8.79. The second-order valence-corrected chi connectivity index (χ2v) is 6.34. The lowest BCUT2D eigenvalue weighted by atomic mass is 9.72. The first-order chi connectivity index (χ1) is 10.3. The molecule has 0 spiro atoms. The van der Waals surface area contributed by atoms with Crippen LogP contribution in [0, 0.1) is 11.8 Å². The Bertz CT molecular complexity index is 574. The minimum Gasteiger partial charge on any atom is -0.464 e. The van der Waals surface area contributed by atoms with Gasteiger partial charge in [0.15, 0.2) is 0 Å². The van der Waals surface area contributed by atoms with E-state index < -0.39 is 0 Å². The number of hydrogen-bond donors (Lipinski definition) is 1. The molecule has 2 aromatic rings. The maximum absolute atomic E-state index is 5.80. The van der Waals surface area contributed by atoms with Crippen LogP contribution in [-0.2, 0) is 0 Å². The van der Waals surface area contributed by atoms with Gasteiger partial charge in [0.05, 0.1) is 6.26 Å². The summed E-state index contributed by atoms with van der Waals surface area (Å²) in [6.45, 7) is 5.57. The van der Waals surface area contributed by atoms with E-state index in [2.05, 4.69) is 37.4 Å². The molecule has 2 nitrogen and oxygen atoms in total. The van der Waals surface area contributed by atoms with Crippen molar-refractivity contribution in [1.82, 2.24) is 5.32 Å². The number of furan rings is 1. The van der Waals surface area contributed by atoms with Crippen LogP contribution in [0.2, 0.25) is 0 Å². The first-order valence-corrected chi connectivity index (χ1v) is 8.54. The fourth-order valence-corrected chi connectivity index (χ4v) is 4.13. The third-order valence-corrected chi connectivity index (χ3v) is 5.19. The standard InChI is InChI=1S/C19H27NO/c1-3-14-9-5-6-10-15(14)19(20-4-2)17-13-21-18-12-8-7-11-16(17)18/h7-8,11-15,19-20H,3-6,9-10H2,1-2H3. The van der Waals surface area contributed by atoms with Crippen molar-refractivity contribution in [2.75, 3.05) is 6.54 Å². The average Bonchev–Trinajstić information content (AvgIpc) is 2.96. The van der Waals surface area contributed by atoms with Gasteiger partial charge in [-0.1, -0.05) is 57.7 Å². The molecule has 0 radical (unpaired) electrons. The molecule has 0 bridgehead atoms. The molecule has 1 saturated carbocycles. The monoisotopic (exact) mass is 285 g/mol. The highest BCUT2D eigenvalue weighted by molar-refractivity contribution is 5.81. The van der Waals surface area contributed by atoms with Crippen LogP contribution < -0.4 is 5.32 Å². The molecule has 1 heterocycles. The minimum atomic E-state index is 0.434. The molecule has 1 aromatic carbocycles. The van der Waals surface area contributed by atoms with Crippen LogP contribution in [0.25, 0.3) is 11.0 Å². The smallest absolute Gasteiger partial charge is 0.134 e. The third-order valence-electron chi connectivity index (χ3n) is 5.19. The van der Waals surface area contributed by atoms with Crippen LogP contribution in [0.1, 0.15) is 57.6 Å². The van der Waals surface area contributed by atoms with Gasteiger partial charge in [0.2, 0.25) is 0 Å². The minimum absolute atomic E-state index is 0.434. The van der Waals surface area contributed by atoms with Gasteiger partial charge in [-0.25, -0.2) is 0 Å². The molecule has 21 heavy (non-hydrogen) atoms. The zero-order valence-electron chi connectivity index (χ0n) is 13.3. The van der Waals surface area contributed by atoms with Gasteiger partial charge >= 0.3 is 0 Å². The highest BCUT2D eigenvalue weighted by Crippen LogP contribution is 2.42. The summed E-state index contributed by atoms with van der Waals surface area (Å²) in [5.74, 6) is 1.58.